The Labute approximate surface area is 113 Å². The number of nitrogens with zero attached hydrogens (tertiary/aromatic N) is 1. The molecule has 1 aliphatic carbocycles. The molecule has 0 radical (unpaired) electrons. The van der Waals surface area contributed by atoms with Gasteiger partial charge in [-0.05, 0) is 32.1 Å². The van der Waals surface area contributed by atoms with Crippen LogP contribution in [0.3, 0.4) is 0 Å². The molecule has 3 atom stereocenters. The summed E-state index contributed by atoms with van der Waals surface area (Å²) in [6.07, 6.45) is 4.36. The normalized spacial score (nSPS) is 26.1. The van der Waals surface area contributed by atoms with E-state index in [2.05, 4.69) is 6.58 Å². The van der Waals surface area contributed by atoms with Crippen molar-refractivity contribution in [2.75, 3.05) is 13.6 Å². The minimum Gasteiger partial charge on any atom is -0.481 e. The van der Waals surface area contributed by atoms with Crippen molar-refractivity contribution < 1.29 is 19.8 Å². The Morgan fingerprint density at radius 3 is 2.53 bits per heavy atom. The molecule has 5 heteroatoms. The first-order valence-electron chi connectivity index (χ1n) is 6.74. The first-order valence-corrected chi connectivity index (χ1v) is 6.74. The lowest BCUT2D eigenvalue weighted by Gasteiger charge is -2.23. The molecule has 1 aliphatic rings. The number of aliphatic hydroxyl groups excluding tert-OH is 1. The number of hydrogen-bond donors (Lipinski definition) is 2. The quantitative estimate of drug-likeness (QED) is 0.539. The van der Waals surface area contributed by atoms with Crippen LogP contribution in [0.25, 0.3) is 0 Å². The van der Waals surface area contributed by atoms with Crippen LogP contribution in [0.2, 0.25) is 0 Å². The van der Waals surface area contributed by atoms with Gasteiger partial charge in [-0.15, -0.1) is 6.58 Å². The van der Waals surface area contributed by atoms with E-state index in [1.54, 1.807) is 11.9 Å². The SMILES string of the molecule is C=CCCCCN(C)C(=O)[C@@H]1C[C@@H](O)C[C@H]1C(=O)O. The summed E-state index contributed by atoms with van der Waals surface area (Å²) in [4.78, 5) is 24.9. The van der Waals surface area contributed by atoms with E-state index in [4.69, 9.17) is 5.11 Å². The van der Waals surface area contributed by atoms with Gasteiger partial charge in [0.2, 0.25) is 5.91 Å². The number of carbonyl (C=O) groups excluding carboxylic acids is 1. The van der Waals surface area contributed by atoms with Crippen molar-refractivity contribution in [3.05, 3.63) is 12.7 Å². The van der Waals surface area contributed by atoms with Crippen LogP contribution in [0.5, 0.6) is 0 Å². The molecule has 108 valence electrons. The van der Waals surface area contributed by atoms with Crippen LogP contribution in [0.15, 0.2) is 12.7 Å². The van der Waals surface area contributed by atoms with Crippen molar-refractivity contribution in [3.8, 4) is 0 Å². The molecular weight excluding hydrogens is 246 g/mol. The first kappa shape index (κ1) is 15.7. The van der Waals surface area contributed by atoms with Gasteiger partial charge in [0.05, 0.1) is 17.9 Å². The van der Waals surface area contributed by atoms with Gasteiger partial charge in [-0.25, -0.2) is 0 Å². The minimum absolute atomic E-state index is 0.164. The second kappa shape index (κ2) is 7.28. The largest absolute Gasteiger partial charge is 0.481 e. The predicted octanol–water partition coefficient (Wildman–Crippen LogP) is 1.27. The maximum absolute atomic E-state index is 12.2. The molecule has 1 saturated carbocycles. The van der Waals surface area contributed by atoms with E-state index in [1.807, 2.05) is 6.08 Å². The molecule has 19 heavy (non-hydrogen) atoms. The first-order chi connectivity index (χ1) is 8.97. The van der Waals surface area contributed by atoms with Gasteiger partial charge in [-0.3, -0.25) is 9.59 Å². The Balaban J connectivity index is 2.50. The molecular formula is C14H23NO4. The number of carbonyl (C=O) groups is 2. The summed E-state index contributed by atoms with van der Waals surface area (Å²) in [6, 6.07) is 0. The molecule has 0 aromatic heterocycles. The summed E-state index contributed by atoms with van der Waals surface area (Å²) in [7, 11) is 1.69. The molecule has 0 aliphatic heterocycles. The average molecular weight is 269 g/mol. The zero-order valence-electron chi connectivity index (χ0n) is 11.4. The Bertz CT molecular complexity index is 342. The predicted molar refractivity (Wildman–Crippen MR) is 71.5 cm³/mol. The Morgan fingerprint density at radius 2 is 1.95 bits per heavy atom. The molecule has 0 spiro atoms. The maximum atomic E-state index is 12.2. The molecule has 0 unspecified atom stereocenters. The molecule has 0 saturated heterocycles. The average Bonchev–Trinajstić information content (AvgIpc) is 2.75. The number of carboxylic acid groups (broad SMARTS) is 1. The number of amides is 1. The zero-order chi connectivity index (χ0) is 14.4. The third kappa shape index (κ3) is 4.35. The number of hydrogen-bond acceptors (Lipinski definition) is 3. The lowest BCUT2D eigenvalue weighted by atomic mass is 9.95. The van der Waals surface area contributed by atoms with Crippen LogP contribution in [0.4, 0.5) is 0 Å². The topological polar surface area (TPSA) is 77.8 Å². The van der Waals surface area contributed by atoms with Gasteiger partial charge in [0.15, 0.2) is 0 Å². The number of rotatable bonds is 7. The number of aliphatic hydroxyl groups is 1. The highest BCUT2D eigenvalue weighted by Crippen LogP contribution is 2.33. The van der Waals surface area contributed by atoms with Gasteiger partial charge in [-0.2, -0.15) is 0 Å². The molecule has 1 rings (SSSR count). The maximum Gasteiger partial charge on any atom is 0.307 e. The monoisotopic (exact) mass is 269 g/mol. The van der Waals surface area contributed by atoms with E-state index in [0.29, 0.717) is 6.54 Å². The van der Waals surface area contributed by atoms with E-state index in [-0.39, 0.29) is 18.7 Å². The highest BCUT2D eigenvalue weighted by molar-refractivity contribution is 5.85. The fourth-order valence-corrected chi connectivity index (χ4v) is 2.59. The minimum atomic E-state index is -0.991. The van der Waals surface area contributed by atoms with Crippen molar-refractivity contribution in [2.24, 2.45) is 11.8 Å². The summed E-state index contributed by atoms with van der Waals surface area (Å²) in [5.41, 5.74) is 0. The van der Waals surface area contributed by atoms with E-state index in [9.17, 15) is 14.7 Å². The van der Waals surface area contributed by atoms with Crippen molar-refractivity contribution >= 4 is 11.9 Å². The van der Waals surface area contributed by atoms with Gasteiger partial charge in [0, 0.05) is 13.6 Å². The van der Waals surface area contributed by atoms with Crippen molar-refractivity contribution in [3.63, 3.8) is 0 Å². The number of allylic oxidation sites excluding steroid dienone is 1. The van der Waals surface area contributed by atoms with Crippen molar-refractivity contribution in [2.45, 2.75) is 38.2 Å². The van der Waals surface area contributed by atoms with Gasteiger partial charge in [0.1, 0.15) is 0 Å². The van der Waals surface area contributed by atoms with Crippen molar-refractivity contribution in [1.82, 2.24) is 4.90 Å². The Kier molecular flexibility index (Phi) is 6.02. The standard InChI is InChI=1S/C14H23NO4/c1-3-4-5-6-7-15(2)13(17)11-8-10(16)9-12(11)14(18)19/h3,10-12,16H,1,4-9H2,2H3,(H,18,19)/t10-,11-,12-/m1/s1. The Hall–Kier alpha value is -1.36. The lowest BCUT2D eigenvalue weighted by molar-refractivity contribution is -0.148. The van der Waals surface area contributed by atoms with Crippen molar-refractivity contribution in [1.29, 1.82) is 0 Å². The summed E-state index contributed by atoms with van der Waals surface area (Å²) < 4.78 is 0. The van der Waals surface area contributed by atoms with E-state index in [1.165, 1.54) is 0 Å². The van der Waals surface area contributed by atoms with Gasteiger partial charge in [-0.1, -0.05) is 6.08 Å². The van der Waals surface area contributed by atoms with E-state index in [0.717, 1.165) is 19.3 Å². The molecule has 0 aromatic rings. The third-order valence-electron chi connectivity index (χ3n) is 3.70. The number of carboxylic acids is 1. The molecule has 1 amide bonds. The second-order valence-corrected chi connectivity index (χ2v) is 5.22. The van der Waals surface area contributed by atoms with Gasteiger partial charge in [0.25, 0.3) is 0 Å². The molecule has 0 heterocycles. The highest BCUT2D eigenvalue weighted by Gasteiger charge is 2.43. The summed E-state index contributed by atoms with van der Waals surface area (Å²) in [5.74, 6) is -2.49. The molecule has 0 bridgehead atoms. The third-order valence-corrected chi connectivity index (χ3v) is 3.70. The molecule has 0 aromatic carbocycles. The smallest absolute Gasteiger partial charge is 0.307 e. The second-order valence-electron chi connectivity index (χ2n) is 5.22. The fourth-order valence-electron chi connectivity index (χ4n) is 2.59. The highest BCUT2D eigenvalue weighted by atomic mass is 16.4. The lowest BCUT2D eigenvalue weighted by Crippen LogP contribution is -2.37. The van der Waals surface area contributed by atoms with Crippen LogP contribution in [0, 0.1) is 11.8 Å². The van der Waals surface area contributed by atoms with Crippen LogP contribution in [-0.2, 0) is 9.59 Å². The molecule has 2 N–H and O–H groups in total. The van der Waals surface area contributed by atoms with Gasteiger partial charge >= 0.3 is 5.97 Å². The zero-order valence-corrected chi connectivity index (χ0v) is 11.4. The summed E-state index contributed by atoms with van der Waals surface area (Å²) >= 11 is 0. The molecule has 5 nitrogen and oxygen atoms in total. The summed E-state index contributed by atoms with van der Waals surface area (Å²) in [5, 5.41) is 18.6. The molecule has 1 fully saturated rings. The van der Waals surface area contributed by atoms with Gasteiger partial charge < -0.3 is 15.1 Å². The van der Waals surface area contributed by atoms with Crippen LogP contribution >= 0.6 is 0 Å². The fraction of sp³-hybridized carbons (Fsp3) is 0.714. The van der Waals surface area contributed by atoms with E-state index < -0.39 is 23.9 Å². The Morgan fingerprint density at radius 1 is 1.32 bits per heavy atom. The number of unbranched alkanes of at least 4 members (excludes halogenated alkanes) is 2. The summed E-state index contributed by atoms with van der Waals surface area (Å²) in [6.45, 7) is 4.26. The number of aliphatic carboxylic acids is 1. The van der Waals surface area contributed by atoms with Crippen LogP contribution < -0.4 is 0 Å². The van der Waals surface area contributed by atoms with Crippen LogP contribution in [-0.4, -0.2) is 46.7 Å². The van der Waals surface area contributed by atoms with E-state index >= 15 is 0 Å². The van der Waals surface area contributed by atoms with Crippen LogP contribution in [0.1, 0.15) is 32.1 Å².